The van der Waals surface area contributed by atoms with E-state index in [1.165, 1.54) is 67.3 Å². The van der Waals surface area contributed by atoms with Crippen molar-refractivity contribution >= 4 is 35.4 Å². The van der Waals surface area contributed by atoms with Crippen molar-refractivity contribution in [2.24, 2.45) is 0 Å². The van der Waals surface area contributed by atoms with Crippen LogP contribution in [0, 0.1) is 0 Å². The van der Waals surface area contributed by atoms with E-state index in [9.17, 15) is 37.1 Å². The minimum Gasteiger partial charge on any atom is -0.465 e. The number of hydrogen-bond acceptors (Lipinski definition) is 8. The van der Waals surface area contributed by atoms with E-state index in [0.29, 0.717) is 11.1 Å². The molecular weight excluding hydrogens is 693 g/mol. The average molecular weight is 733 g/mol. The fourth-order valence-electron chi connectivity index (χ4n) is 5.70. The number of rotatable bonds is 13. The lowest BCUT2D eigenvalue weighted by molar-refractivity contribution is -0.165. The van der Waals surface area contributed by atoms with E-state index in [2.05, 4.69) is 0 Å². The van der Waals surface area contributed by atoms with Crippen molar-refractivity contribution in [3.8, 4) is 16.9 Å². The van der Waals surface area contributed by atoms with Gasteiger partial charge in [-0.1, -0.05) is 60.7 Å². The van der Waals surface area contributed by atoms with E-state index < -0.39 is 53.3 Å². The molecule has 0 spiro atoms. The second-order valence-corrected chi connectivity index (χ2v) is 12.0. The Labute approximate surface area is 305 Å². The van der Waals surface area contributed by atoms with Gasteiger partial charge in [0.25, 0.3) is 11.8 Å². The second kappa shape index (κ2) is 17.0. The van der Waals surface area contributed by atoms with Crippen molar-refractivity contribution in [2.45, 2.75) is 38.3 Å². The number of carbonyl (C=O) groups is 5. The first-order chi connectivity index (χ1) is 25.1. The zero-order chi connectivity index (χ0) is 38.9. The Hall–Kier alpha value is -5.98. The van der Waals surface area contributed by atoms with Crippen LogP contribution in [0.2, 0.25) is 0 Å². The Balaban J connectivity index is 1.63. The molecule has 13 heteroatoms. The molecule has 4 aromatic carbocycles. The van der Waals surface area contributed by atoms with E-state index >= 15 is 0 Å². The van der Waals surface area contributed by atoms with Crippen LogP contribution >= 0.6 is 0 Å². The van der Waals surface area contributed by atoms with E-state index in [1.54, 1.807) is 62.4 Å². The minimum absolute atomic E-state index is 0.000147. The van der Waals surface area contributed by atoms with Crippen LogP contribution in [-0.4, -0.2) is 69.0 Å². The Kier molecular flexibility index (Phi) is 12.8. The zero-order valence-corrected chi connectivity index (χ0v) is 29.9. The molecule has 0 radical (unpaired) electrons. The maximum Gasteiger partial charge on any atom is 0.416 e. The van der Waals surface area contributed by atoms with E-state index in [4.69, 9.17) is 14.2 Å². The van der Waals surface area contributed by atoms with Crippen molar-refractivity contribution in [3.05, 3.63) is 119 Å². The summed E-state index contributed by atoms with van der Waals surface area (Å²) in [5, 5.41) is 0. The fourth-order valence-corrected chi connectivity index (χ4v) is 5.70. The predicted molar refractivity (Wildman–Crippen MR) is 190 cm³/mol. The minimum atomic E-state index is -4.53. The quantitative estimate of drug-likeness (QED) is 0.0812. The number of carbonyl (C=O) groups excluding carboxylic acids is 5. The third-order valence-electron chi connectivity index (χ3n) is 8.40. The van der Waals surface area contributed by atoms with Gasteiger partial charge in [0.15, 0.2) is 5.41 Å². The molecule has 2 amide bonds. The summed E-state index contributed by atoms with van der Waals surface area (Å²) in [6, 6.07) is 23.0. The number of esters is 3. The number of amides is 2. The summed E-state index contributed by atoms with van der Waals surface area (Å²) in [7, 11) is 4.44. The second-order valence-electron chi connectivity index (χ2n) is 12.0. The number of ether oxygens (including phenoxy) is 3. The maximum absolute atomic E-state index is 13.9. The van der Waals surface area contributed by atoms with Gasteiger partial charge in [0.2, 0.25) is 0 Å². The highest BCUT2D eigenvalue weighted by molar-refractivity contribution is 6.13. The summed E-state index contributed by atoms with van der Waals surface area (Å²) < 4.78 is 55.7. The molecule has 0 aliphatic rings. The van der Waals surface area contributed by atoms with Gasteiger partial charge in [0.05, 0.1) is 30.0 Å². The first-order valence-corrected chi connectivity index (χ1v) is 16.7. The van der Waals surface area contributed by atoms with Crippen molar-refractivity contribution in [1.82, 2.24) is 4.90 Å². The van der Waals surface area contributed by atoms with Crippen LogP contribution in [0.5, 0.6) is 5.75 Å². The molecule has 0 saturated heterocycles. The summed E-state index contributed by atoms with van der Waals surface area (Å²) in [6.07, 6.45) is -5.29. The standard InChI is InChI=1S/C40H39F3N2O8/c1-6-51-37(49)39(38(50)52-7-2,27-13-9-8-10-14-27)24-23-34(46)53-29-21-22-33(32(25-29)35(47)44(3)4)45(5)36(48)31-16-12-11-15-30(31)26-17-19-28(20-18-26)40(41,42)43/h8-22,25H,6-7,23-24H2,1-5H3. The monoisotopic (exact) mass is 732 g/mol. The van der Waals surface area contributed by atoms with Crippen LogP contribution in [0.4, 0.5) is 18.9 Å². The van der Waals surface area contributed by atoms with Gasteiger partial charge >= 0.3 is 24.1 Å². The zero-order valence-electron chi connectivity index (χ0n) is 29.9. The molecule has 53 heavy (non-hydrogen) atoms. The van der Waals surface area contributed by atoms with Crippen molar-refractivity contribution in [2.75, 3.05) is 39.3 Å². The molecule has 0 bridgehead atoms. The van der Waals surface area contributed by atoms with Gasteiger partial charge in [-0.3, -0.25) is 24.0 Å². The van der Waals surface area contributed by atoms with Crippen LogP contribution in [0.3, 0.4) is 0 Å². The molecule has 0 aliphatic heterocycles. The van der Waals surface area contributed by atoms with Gasteiger partial charge in [-0.2, -0.15) is 13.2 Å². The number of halogens is 3. The van der Waals surface area contributed by atoms with Crippen LogP contribution in [0.1, 0.15) is 58.5 Å². The first-order valence-electron chi connectivity index (χ1n) is 16.7. The lowest BCUT2D eigenvalue weighted by Crippen LogP contribution is -2.46. The summed E-state index contributed by atoms with van der Waals surface area (Å²) >= 11 is 0. The molecule has 0 aliphatic carbocycles. The third kappa shape index (κ3) is 8.91. The molecule has 0 atom stereocenters. The molecule has 10 nitrogen and oxygen atoms in total. The molecular formula is C40H39F3N2O8. The number of alkyl halides is 3. The lowest BCUT2D eigenvalue weighted by Gasteiger charge is -2.29. The van der Waals surface area contributed by atoms with E-state index in [1.807, 2.05) is 0 Å². The average Bonchev–Trinajstić information content (AvgIpc) is 3.14. The van der Waals surface area contributed by atoms with Crippen molar-refractivity contribution in [3.63, 3.8) is 0 Å². The van der Waals surface area contributed by atoms with Gasteiger partial charge < -0.3 is 24.0 Å². The van der Waals surface area contributed by atoms with Gasteiger partial charge in [-0.05, 0) is 73.4 Å². The number of benzene rings is 4. The summed E-state index contributed by atoms with van der Waals surface area (Å²) in [5.74, 6) is -3.73. The van der Waals surface area contributed by atoms with E-state index in [-0.39, 0.29) is 47.8 Å². The Morgan fingerprint density at radius 2 is 1.25 bits per heavy atom. The van der Waals surface area contributed by atoms with Gasteiger partial charge in [0.1, 0.15) is 5.75 Å². The largest absolute Gasteiger partial charge is 0.465 e. The van der Waals surface area contributed by atoms with Gasteiger partial charge in [-0.25, -0.2) is 0 Å². The Bertz CT molecular complexity index is 1940. The van der Waals surface area contributed by atoms with Gasteiger partial charge in [-0.15, -0.1) is 0 Å². The number of nitrogens with zero attached hydrogens (tertiary/aromatic N) is 2. The smallest absolute Gasteiger partial charge is 0.416 e. The van der Waals surface area contributed by atoms with Crippen LogP contribution in [-0.2, 0) is 35.4 Å². The SMILES string of the molecule is CCOC(=O)C(CCC(=O)Oc1ccc(N(C)C(=O)c2ccccc2-c2ccc(C(F)(F)F)cc2)c(C(=O)N(C)C)c1)(C(=O)OCC)c1ccccc1. The summed E-state index contributed by atoms with van der Waals surface area (Å²) in [4.78, 5) is 69.8. The molecule has 0 N–H and O–H groups in total. The summed E-state index contributed by atoms with van der Waals surface area (Å²) in [5.41, 5.74) is -1.43. The highest BCUT2D eigenvalue weighted by atomic mass is 19.4. The van der Waals surface area contributed by atoms with Crippen LogP contribution in [0.25, 0.3) is 11.1 Å². The Morgan fingerprint density at radius 3 is 1.81 bits per heavy atom. The van der Waals surface area contributed by atoms with Gasteiger partial charge in [0, 0.05) is 33.1 Å². The highest BCUT2D eigenvalue weighted by Crippen LogP contribution is 2.35. The topological polar surface area (TPSA) is 120 Å². The highest BCUT2D eigenvalue weighted by Gasteiger charge is 2.50. The van der Waals surface area contributed by atoms with Crippen molar-refractivity contribution < 1.29 is 51.4 Å². The number of anilines is 1. The molecule has 0 saturated carbocycles. The van der Waals surface area contributed by atoms with Crippen molar-refractivity contribution in [1.29, 1.82) is 0 Å². The maximum atomic E-state index is 13.9. The normalized spacial score (nSPS) is 11.3. The van der Waals surface area contributed by atoms with E-state index in [0.717, 1.165) is 12.1 Å². The molecule has 278 valence electrons. The molecule has 0 heterocycles. The molecule has 4 rings (SSSR count). The van der Waals surface area contributed by atoms with Crippen LogP contribution < -0.4 is 9.64 Å². The molecule has 0 aromatic heterocycles. The lowest BCUT2D eigenvalue weighted by atomic mass is 9.76. The fraction of sp³-hybridized carbons (Fsp3) is 0.275. The molecule has 4 aromatic rings. The predicted octanol–water partition coefficient (Wildman–Crippen LogP) is 7.10. The third-order valence-corrected chi connectivity index (χ3v) is 8.40. The number of hydrogen-bond donors (Lipinski definition) is 0. The Morgan fingerprint density at radius 1 is 0.660 bits per heavy atom. The molecule has 0 unspecified atom stereocenters. The van der Waals surface area contributed by atoms with Crippen LogP contribution in [0.15, 0.2) is 97.1 Å². The summed E-state index contributed by atoms with van der Waals surface area (Å²) in [6.45, 7) is 3.13. The molecule has 0 fully saturated rings. The first kappa shape index (κ1) is 39.8.